The number of likely N-dealkylation sites (tertiary alicyclic amines) is 1. The molecular formula is C30H29N5O4. The fourth-order valence-electron chi connectivity index (χ4n) is 5.19. The summed E-state index contributed by atoms with van der Waals surface area (Å²) < 4.78 is 17.8. The summed E-state index contributed by atoms with van der Waals surface area (Å²) in [5.74, 6) is 1.06. The Morgan fingerprint density at radius 3 is 2.64 bits per heavy atom. The Hall–Kier alpha value is -4.29. The van der Waals surface area contributed by atoms with Crippen LogP contribution >= 0.6 is 0 Å². The van der Waals surface area contributed by atoms with Crippen molar-refractivity contribution in [2.75, 3.05) is 26.3 Å². The molecule has 2 saturated heterocycles. The number of pyridine rings is 3. The van der Waals surface area contributed by atoms with E-state index in [1.54, 1.807) is 24.7 Å². The van der Waals surface area contributed by atoms with Crippen molar-refractivity contribution in [2.45, 2.75) is 45.1 Å². The Bertz CT molecular complexity index is 1560. The van der Waals surface area contributed by atoms with Crippen molar-refractivity contribution in [1.29, 1.82) is 0 Å². The van der Waals surface area contributed by atoms with Crippen molar-refractivity contribution in [3.05, 3.63) is 65.5 Å². The minimum Gasteiger partial charge on any atom is -0.500 e. The monoisotopic (exact) mass is 523 g/mol. The van der Waals surface area contributed by atoms with Crippen molar-refractivity contribution in [1.82, 2.24) is 19.9 Å². The quantitative estimate of drug-likeness (QED) is 0.296. The lowest BCUT2D eigenvalue weighted by atomic mass is 10.1. The molecule has 6 rings (SSSR count). The van der Waals surface area contributed by atoms with Gasteiger partial charge in [0.05, 0.1) is 31.7 Å². The second-order valence-corrected chi connectivity index (χ2v) is 10.00. The predicted molar refractivity (Wildman–Crippen MR) is 146 cm³/mol. The Morgan fingerprint density at radius 1 is 1.05 bits per heavy atom. The van der Waals surface area contributed by atoms with Crippen LogP contribution in [-0.4, -0.2) is 58.2 Å². The highest BCUT2D eigenvalue weighted by molar-refractivity contribution is 5.94. The maximum atomic E-state index is 12.9. The van der Waals surface area contributed by atoms with Crippen LogP contribution in [0.5, 0.6) is 5.75 Å². The first-order chi connectivity index (χ1) is 19.1. The number of nitrogens with zero attached hydrogens (tertiary/aromatic N) is 5. The van der Waals surface area contributed by atoms with Crippen LogP contribution in [-0.2, 0) is 4.74 Å². The zero-order chi connectivity index (χ0) is 26.8. The zero-order valence-corrected chi connectivity index (χ0v) is 21.9. The van der Waals surface area contributed by atoms with Gasteiger partial charge in [0.2, 0.25) is 5.69 Å². The highest BCUT2D eigenvalue weighted by Gasteiger charge is 2.22. The van der Waals surface area contributed by atoms with Crippen LogP contribution in [0.25, 0.3) is 38.5 Å². The van der Waals surface area contributed by atoms with Gasteiger partial charge >= 0.3 is 0 Å². The molecule has 9 heteroatoms. The summed E-state index contributed by atoms with van der Waals surface area (Å²) in [5, 5.41) is 0. The molecule has 2 fully saturated rings. The normalized spacial score (nSPS) is 16.3. The van der Waals surface area contributed by atoms with Gasteiger partial charge in [-0.05, 0) is 49.9 Å². The van der Waals surface area contributed by atoms with Crippen LogP contribution in [0, 0.1) is 13.5 Å². The van der Waals surface area contributed by atoms with Crippen molar-refractivity contribution in [3.63, 3.8) is 0 Å². The fourth-order valence-corrected chi connectivity index (χ4v) is 5.19. The molecule has 198 valence electrons. The van der Waals surface area contributed by atoms with Gasteiger partial charge in [0.25, 0.3) is 5.91 Å². The van der Waals surface area contributed by atoms with Gasteiger partial charge in [-0.2, -0.15) is 0 Å². The Morgan fingerprint density at radius 2 is 1.87 bits per heavy atom. The minimum atomic E-state index is -0.0242. The average molecular weight is 524 g/mol. The number of hydrogen-bond donors (Lipinski definition) is 0. The number of aryl methyl sites for hydroxylation is 1. The number of ether oxygens (including phenoxy) is 2. The summed E-state index contributed by atoms with van der Waals surface area (Å²) in [4.78, 5) is 32.1. The van der Waals surface area contributed by atoms with Gasteiger partial charge in [-0.1, -0.05) is 0 Å². The van der Waals surface area contributed by atoms with E-state index in [2.05, 4.69) is 19.8 Å². The molecule has 0 bridgehead atoms. The van der Waals surface area contributed by atoms with Gasteiger partial charge in [-0.15, -0.1) is 0 Å². The number of rotatable bonds is 5. The lowest BCUT2D eigenvalue weighted by Crippen LogP contribution is -2.36. The molecule has 0 aromatic carbocycles. The van der Waals surface area contributed by atoms with Crippen LogP contribution in [0.2, 0.25) is 0 Å². The van der Waals surface area contributed by atoms with E-state index in [9.17, 15) is 4.79 Å². The van der Waals surface area contributed by atoms with E-state index >= 15 is 0 Å². The molecule has 39 heavy (non-hydrogen) atoms. The molecular weight excluding hydrogens is 494 g/mol. The molecule has 0 radical (unpaired) electrons. The Kier molecular flexibility index (Phi) is 6.95. The molecule has 9 nitrogen and oxygen atoms in total. The lowest BCUT2D eigenvalue weighted by molar-refractivity contribution is 0.0258. The molecule has 1 amide bonds. The Labute approximate surface area is 226 Å². The molecule has 6 heterocycles. The molecule has 4 aromatic rings. The largest absolute Gasteiger partial charge is 0.500 e. The van der Waals surface area contributed by atoms with Gasteiger partial charge < -0.3 is 18.8 Å². The van der Waals surface area contributed by atoms with Crippen molar-refractivity contribution in [2.24, 2.45) is 0 Å². The summed E-state index contributed by atoms with van der Waals surface area (Å²) in [5.41, 5.74) is 5.12. The fraction of sp³-hybridized carbons (Fsp3) is 0.367. The van der Waals surface area contributed by atoms with E-state index in [0.29, 0.717) is 52.9 Å². The highest BCUT2D eigenvalue weighted by Crippen LogP contribution is 2.37. The van der Waals surface area contributed by atoms with Crippen LogP contribution in [0.1, 0.15) is 48.2 Å². The molecule has 0 aliphatic carbocycles. The molecule has 4 aromatic heterocycles. The first-order valence-corrected chi connectivity index (χ1v) is 13.4. The van der Waals surface area contributed by atoms with Gasteiger partial charge in [0.1, 0.15) is 28.8 Å². The van der Waals surface area contributed by atoms with Crippen LogP contribution in [0.15, 0.2) is 47.3 Å². The molecule has 2 aliphatic rings. The molecule has 0 spiro atoms. The SMILES string of the molecule is [C-]#[N+]c1cc(-c2ccnc3cc(-c4cnc(C(=O)N5CCCCC5)cc4C)oc23)ncc1OC1CCOCC1. The first-order valence-electron chi connectivity index (χ1n) is 13.4. The van der Waals surface area contributed by atoms with Gasteiger partial charge in [-0.3, -0.25) is 19.7 Å². The maximum absolute atomic E-state index is 12.9. The number of carbonyl (C=O) groups is 1. The lowest BCUT2D eigenvalue weighted by Gasteiger charge is -2.26. The van der Waals surface area contributed by atoms with E-state index in [-0.39, 0.29) is 12.0 Å². The molecule has 0 atom stereocenters. The number of carbonyl (C=O) groups excluding carboxylic acids is 1. The Balaban J connectivity index is 1.29. The van der Waals surface area contributed by atoms with Crippen molar-refractivity contribution in [3.8, 4) is 28.3 Å². The van der Waals surface area contributed by atoms with Crippen LogP contribution < -0.4 is 4.74 Å². The third-order valence-corrected chi connectivity index (χ3v) is 7.36. The number of amides is 1. The van der Waals surface area contributed by atoms with E-state index in [1.165, 1.54) is 6.42 Å². The second kappa shape index (κ2) is 10.8. The molecule has 2 aliphatic heterocycles. The first kappa shape index (κ1) is 25.0. The van der Waals surface area contributed by atoms with Crippen LogP contribution in [0.4, 0.5) is 5.69 Å². The summed E-state index contributed by atoms with van der Waals surface area (Å²) in [6.07, 6.45) is 9.85. The summed E-state index contributed by atoms with van der Waals surface area (Å²) in [6.45, 7) is 12.5. The molecule has 0 N–H and O–H groups in total. The zero-order valence-electron chi connectivity index (χ0n) is 21.9. The van der Waals surface area contributed by atoms with E-state index < -0.39 is 0 Å². The summed E-state index contributed by atoms with van der Waals surface area (Å²) in [7, 11) is 0. The number of aromatic nitrogens is 3. The third-order valence-electron chi connectivity index (χ3n) is 7.36. The maximum Gasteiger partial charge on any atom is 0.272 e. The second-order valence-electron chi connectivity index (χ2n) is 10.00. The average Bonchev–Trinajstić information content (AvgIpc) is 3.42. The topological polar surface area (TPSA) is 94.9 Å². The van der Waals surface area contributed by atoms with E-state index in [1.807, 2.05) is 30.0 Å². The molecule has 0 saturated carbocycles. The highest BCUT2D eigenvalue weighted by atomic mass is 16.5. The van der Waals surface area contributed by atoms with Gasteiger partial charge in [0.15, 0.2) is 5.58 Å². The minimum absolute atomic E-state index is 0.0190. The van der Waals surface area contributed by atoms with Gasteiger partial charge in [0, 0.05) is 55.5 Å². The summed E-state index contributed by atoms with van der Waals surface area (Å²) >= 11 is 0. The van der Waals surface area contributed by atoms with E-state index in [0.717, 1.165) is 55.5 Å². The van der Waals surface area contributed by atoms with Gasteiger partial charge in [-0.25, -0.2) is 4.85 Å². The number of hydrogen-bond acceptors (Lipinski definition) is 7. The third kappa shape index (κ3) is 5.08. The number of piperidine rings is 1. The van der Waals surface area contributed by atoms with Crippen molar-refractivity contribution < 1.29 is 18.7 Å². The smallest absolute Gasteiger partial charge is 0.272 e. The molecule has 0 unspecified atom stereocenters. The van der Waals surface area contributed by atoms with Crippen LogP contribution in [0.3, 0.4) is 0 Å². The van der Waals surface area contributed by atoms with Crippen molar-refractivity contribution >= 4 is 22.7 Å². The summed E-state index contributed by atoms with van der Waals surface area (Å²) in [6, 6.07) is 7.25. The predicted octanol–water partition coefficient (Wildman–Crippen LogP) is 5.99. The standard InChI is InChI=1S/C30H29N5O4/c1-19-14-26(30(36)35-10-4-3-5-11-35)33-17-22(19)27-16-25-29(39-27)21(6-9-32-25)23-15-24(31-2)28(18-34-23)38-20-7-12-37-13-8-20/h6,9,14-18,20H,3-5,7-8,10-13H2,1H3. The number of fused-ring (bicyclic) bond motifs is 1. The van der Waals surface area contributed by atoms with E-state index in [4.69, 9.17) is 20.5 Å². The number of furan rings is 1.